The van der Waals surface area contributed by atoms with E-state index in [4.69, 9.17) is 4.74 Å². The summed E-state index contributed by atoms with van der Waals surface area (Å²) < 4.78 is 18.2. The van der Waals surface area contributed by atoms with Crippen LogP contribution in [0.3, 0.4) is 0 Å². The Kier molecular flexibility index (Phi) is 5.17. The average Bonchev–Trinajstić information content (AvgIpc) is 2.95. The van der Waals surface area contributed by atoms with Crippen LogP contribution < -0.4 is 15.5 Å². The first-order valence-electron chi connectivity index (χ1n) is 8.40. The van der Waals surface area contributed by atoms with Crippen molar-refractivity contribution in [2.24, 2.45) is 0 Å². The van der Waals surface area contributed by atoms with Gasteiger partial charge in [0.15, 0.2) is 0 Å². The van der Waals surface area contributed by atoms with Crippen molar-refractivity contribution in [2.45, 2.75) is 44.2 Å². The van der Waals surface area contributed by atoms with Crippen molar-refractivity contribution in [2.75, 3.05) is 18.0 Å². The van der Waals surface area contributed by atoms with E-state index >= 15 is 0 Å². The normalized spacial score (nSPS) is 21.5. The molecule has 24 heavy (non-hydrogen) atoms. The van der Waals surface area contributed by atoms with Gasteiger partial charge in [0.25, 0.3) is 0 Å². The number of cyclic esters (lactones) is 1. The van der Waals surface area contributed by atoms with Crippen molar-refractivity contribution >= 4 is 17.8 Å². The minimum atomic E-state index is -0.485. The second kappa shape index (κ2) is 7.51. The van der Waals surface area contributed by atoms with E-state index in [2.05, 4.69) is 10.6 Å². The molecule has 3 amide bonds. The molecule has 0 aromatic heterocycles. The van der Waals surface area contributed by atoms with Gasteiger partial charge >= 0.3 is 12.1 Å². The van der Waals surface area contributed by atoms with Gasteiger partial charge in [-0.05, 0) is 37.1 Å². The highest BCUT2D eigenvalue weighted by Crippen LogP contribution is 2.21. The van der Waals surface area contributed by atoms with E-state index in [-0.39, 0.29) is 24.4 Å². The Labute approximate surface area is 140 Å². The molecule has 1 saturated carbocycles. The average molecular weight is 335 g/mol. The van der Waals surface area contributed by atoms with E-state index in [9.17, 15) is 14.0 Å². The number of carbonyl (C=O) groups excluding carboxylic acids is 2. The fourth-order valence-corrected chi connectivity index (χ4v) is 3.15. The van der Waals surface area contributed by atoms with Crippen LogP contribution in [-0.4, -0.2) is 37.4 Å². The van der Waals surface area contributed by atoms with Crippen LogP contribution in [0.5, 0.6) is 0 Å². The molecule has 0 spiro atoms. The van der Waals surface area contributed by atoms with Gasteiger partial charge in [-0.25, -0.2) is 14.0 Å². The Bertz CT molecular complexity index is 587. The molecule has 3 rings (SSSR count). The van der Waals surface area contributed by atoms with Crippen LogP contribution in [0, 0.1) is 5.82 Å². The quantitative estimate of drug-likeness (QED) is 0.889. The molecule has 0 bridgehead atoms. The van der Waals surface area contributed by atoms with Crippen molar-refractivity contribution in [1.29, 1.82) is 0 Å². The molecule has 1 aliphatic heterocycles. The first kappa shape index (κ1) is 16.5. The van der Waals surface area contributed by atoms with Gasteiger partial charge < -0.3 is 15.4 Å². The standard InChI is InChI=1S/C17H22FN3O3/c18-12-6-8-14(9-7-12)21-11-15(24-17(21)23)10-19-16(22)20-13-4-2-1-3-5-13/h6-9,13,15H,1-5,10-11H2,(H2,19,20,22). The molecule has 1 atom stereocenters. The van der Waals surface area contributed by atoms with Crippen molar-refractivity contribution in [3.8, 4) is 0 Å². The van der Waals surface area contributed by atoms with E-state index < -0.39 is 12.2 Å². The molecule has 1 saturated heterocycles. The molecule has 1 aromatic rings. The summed E-state index contributed by atoms with van der Waals surface area (Å²) in [4.78, 5) is 25.3. The zero-order valence-corrected chi connectivity index (χ0v) is 13.5. The van der Waals surface area contributed by atoms with Crippen LogP contribution in [0.4, 0.5) is 19.7 Å². The minimum absolute atomic E-state index is 0.224. The van der Waals surface area contributed by atoms with E-state index in [0.29, 0.717) is 12.2 Å². The minimum Gasteiger partial charge on any atom is -0.442 e. The monoisotopic (exact) mass is 335 g/mol. The van der Waals surface area contributed by atoms with Gasteiger partial charge in [0.1, 0.15) is 11.9 Å². The Balaban J connectivity index is 1.45. The maximum Gasteiger partial charge on any atom is 0.414 e. The Morgan fingerprint density at radius 3 is 2.62 bits per heavy atom. The predicted molar refractivity (Wildman–Crippen MR) is 87.4 cm³/mol. The van der Waals surface area contributed by atoms with Gasteiger partial charge in [-0.1, -0.05) is 19.3 Å². The lowest BCUT2D eigenvalue weighted by Crippen LogP contribution is -2.45. The number of halogens is 1. The summed E-state index contributed by atoms with van der Waals surface area (Å²) in [6.45, 7) is 0.580. The van der Waals surface area contributed by atoms with Crippen molar-refractivity contribution in [1.82, 2.24) is 10.6 Å². The topological polar surface area (TPSA) is 70.7 Å². The Hall–Kier alpha value is -2.31. The number of urea groups is 1. The Morgan fingerprint density at radius 1 is 1.21 bits per heavy atom. The number of hydrogen-bond acceptors (Lipinski definition) is 3. The van der Waals surface area contributed by atoms with Gasteiger partial charge in [-0.15, -0.1) is 0 Å². The van der Waals surface area contributed by atoms with E-state index in [1.165, 1.54) is 35.6 Å². The molecule has 7 heteroatoms. The molecule has 130 valence electrons. The number of carbonyl (C=O) groups is 2. The molecular weight excluding hydrogens is 313 g/mol. The highest BCUT2D eigenvalue weighted by molar-refractivity contribution is 5.89. The van der Waals surface area contributed by atoms with Crippen LogP contribution in [0.2, 0.25) is 0 Å². The van der Waals surface area contributed by atoms with Gasteiger partial charge in [0.05, 0.1) is 13.1 Å². The number of nitrogens with one attached hydrogen (secondary N) is 2. The van der Waals surface area contributed by atoms with Crippen LogP contribution >= 0.6 is 0 Å². The van der Waals surface area contributed by atoms with E-state index in [1.807, 2.05) is 0 Å². The molecule has 2 N–H and O–H groups in total. The lowest BCUT2D eigenvalue weighted by atomic mass is 9.96. The van der Waals surface area contributed by atoms with E-state index in [1.54, 1.807) is 0 Å². The second-order valence-electron chi connectivity index (χ2n) is 6.28. The molecule has 0 radical (unpaired) electrons. The lowest BCUT2D eigenvalue weighted by molar-refractivity contribution is 0.140. The van der Waals surface area contributed by atoms with Gasteiger partial charge in [-0.3, -0.25) is 4.90 Å². The lowest BCUT2D eigenvalue weighted by Gasteiger charge is -2.23. The molecule has 2 fully saturated rings. The third kappa shape index (κ3) is 4.15. The van der Waals surface area contributed by atoms with Gasteiger partial charge in [0.2, 0.25) is 0 Å². The zero-order chi connectivity index (χ0) is 16.9. The molecule has 2 aliphatic rings. The highest BCUT2D eigenvalue weighted by Gasteiger charge is 2.32. The molecule has 1 aliphatic carbocycles. The first-order chi connectivity index (χ1) is 11.6. The van der Waals surface area contributed by atoms with Crippen molar-refractivity contribution < 1.29 is 18.7 Å². The van der Waals surface area contributed by atoms with Crippen molar-refractivity contribution in [3.63, 3.8) is 0 Å². The number of rotatable bonds is 4. The van der Waals surface area contributed by atoms with Crippen LogP contribution in [-0.2, 0) is 4.74 Å². The number of hydrogen-bond donors (Lipinski definition) is 2. The molecule has 1 unspecified atom stereocenters. The number of benzene rings is 1. The second-order valence-corrected chi connectivity index (χ2v) is 6.28. The summed E-state index contributed by atoms with van der Waals surface area (Å²) >= 11 is 0. The zero-order valence-electron chi connectivity index (χ0n) is 13.5. The number of amides is 3. The molecular formula is C17H22FN3O3. The number of nitrogens with zero attached hydrogens (tertiary/aromatic N) is 1. The van der Waals surface area contributed by atoms with Crippen molar-refractivity contribution in [3.05, 3.63) is 30.1 Å². The summed E-state index contributed by atoms with van der Waals surface area (Å²) in [5.74, 6) is -0.357. The summed E-state index contributed by atoms with van der Waals surface area (Å²) in [6.07, 6.45) is 4.67. The fourth-order valence-electron chi connectivity index (χ4n) is 3.15. The number of ether oxygens (including phenoxy) is 1. The highest BCUT2D eigenvalue weighted by atomic mass is 19.1. The van der Waals surface area contributed by atoms with Gasteiger partial charge in [0, 0.05) is 11.7 Å². The van der Waals surface area contributed by atoms with Crippen LogP contribution in [0.1, 0.15) is 32.1 Å². The predicted octanol–water partition coefficient (Wildman–Crippen LogP) is 2.78. The van der Waals surface area contributed by atoms with Crippen LogP contribution in [0.15, 0.2) is 24.3 Å². The smallest absolute Gasteiger partial charge is 0.414 e. The fraction of sp³-hybridized carbons (Fsp3) is 0.529. The maximum absolute atomic E-state index is 13.0. The third-order valence-electron chi connectivity index (χ3n) is 4.44. The summed E-state index contributed by atoms with van der Waals surface area (Å²) in [7, 11) is 0. The maximum atomic E-state index is 13.0. The van der Waals surface area contributed by atoms with E-state index in [0.717, 1.165) is 25.7 Å². The molecule has 6 nitrogen and oxygen atoms in total. The summed E-state index contributed by atoms with van der Waals surface area (Å²) in [6, 6.07) is 5.67. The SMILES string of the molecule is O=C(NCC1CN(c2ccc(F)cc2)C(=O)O1)NC1CCCCC1. The Morgan fingerprint density at radius 2 is 1.92 bits per heavy atom. The molecule has 1 aromatic carbocycles. The number of anilines is 1. The largest absolute Gasteiger partial charge is 0.442 e. The first-order valence-corrected chi connectivity index (χ1v) is 8.40. The molecule has 1 heterocycles. The third-order valence-corrected chi connectivity index (χ3v) is 4.44. The summed E-state index contributed by atoms with van der Waals surface area (Å²) in [5, 5.41) is 5.72. The van der Waals surface area contributed by atoms with Crippen LogP contribution in [0.25, 0.3) is 0 Å². The summed E-state index contributed by atoms with van der Waals surface area (Å²) in [5.41, 5.74) is 0.579. The van der Waals surface area contributed by atoms with Gasteiger partial charge in [-0.2, -0.15) is 0 Å².